The van der Waals surface area contributed by atoms with Crippen molar-refractivity contribution in [2.75, 3.05) is 7.11 Å². The molecule has 2 unspecified atom stereocenters. The van der Waals surface area contributed by atoms with Crippen LogP contribution in [0, 0.1) is 0 Å². The molecule has 4 aromatic carbocycles. The molecule has 5 rings (SSSR count). The van der Waals surface area contributed by atoms with Gasteiger partial charge in [-0.3, -0.25) is 0 Å². The summed E-state index contributed by atoms with van der Waals surface area (Å²) in [5.74, 6) is 0.777. The maximum atomic E-state index is 11.6. The van der Waals surface area contributed by atoms with Gasteiger partial charge in [-0.05, 0) is 34.4 Å². The van der Waals surface area contributed by atoms with E-state index in [-0.39, 0.29) is 6.10 Å². The lowest BCUT2D eigenvalue weighted by Gasteiger charge is -2.44. The molecule has 214 valence electrons. The molecule has 41 heavy (non-hydrogen) atoms. The first-order valence-corrected chi connectivity index (χ1v) is 14.1. The number of ether oxygens (including phenoxy) is 5. The highest BCUT2D eigenvalue weighted by Gasteiger charge is 2.47. The molecular formula is C35H38O6. The van der Waals surface area contributed by atoms with E-state index in [0.717, 1.165) is 28.0 Å². The fourth-order valence-electron chi connectivity index (χ4n) is 5.08. The second-order valence-corrected chi connectivity index (χ2v) is 10.3. The predicted molar refractivity (Wildman–Crippen MR) is 157 cm³/mol. The number of hydrogen-bond donors (Lipinski definition) is 1. The van der Waals surface area contributed by atoms with Crippen molar-refractivity contribution in [2.24, 2.45) is 0 Å². The molecule has 0 aliphatic heterocycles. The molecule has 0 amide bonds. The molecule has 1 aliphatic carbocycles. The molecule has 0 bridgehead atoms. The van der Waals surface area contributed by atoms with Crippen LogP contribution >= 0.6 is 0 Å². The number of aliphatic hydroxyl groups excluding tert-OH is 1. The Morgan fingerprint density at radius 2 is 0.927 bits per heavy atom. The quantitative estimate of drug-likeness (QED) is 0.215. The summed E-state index contributed by atoms with van der Waals surface area (Å²) in [7, 11) is 1.64. The van der Waals surface area contributed by atoms with Crippen LogP contribution in [0.4, 0.5) is 0 Å². The fourth-order valence-corrected chi connectivity index (χ4v) is 5.08. The minimum Gasteiger partial charge on any atom is -0.497 e. The summed E-state index contributed by atoms with van der Waals surface area (Å²) in [4.78, 5) is 0. The highest BCUT2D eigenvalue weighted by Crippen LogP contribution is 2.32. The molecule has 0 saturated heterocycles. The molecule has 1 saturated carbocycles. The Morgan fingerprint density at radius 1 is 0.512 bits per heavy atom. The molecule has 0 aromatic heterocycles. The molecule has 1 aliphatic rings. The summed E-state index contributed by atoms with van der Waals surface area (Å²) in [6.07, 6.45) is -2.46. The van der Waals surface area contributed by atoms with E-state index in [0.29, 0.717) is 32.8 Å². The van der Waals surface area contributed by atoms with E-state index >= 15 is 0 Å². The molecule has 0 heterocycles. The first kappa shape index (κ1) is 29.0. The zero-order valence-corrected chi connectivity index (χ0v) is 23.4. The van der Waals surface area contributed by atoms with Crippen LogP contribution < -0.4 is 4.74 Å². The van der Waals surface area contributed by atoms with Gasteiger partial charge in [0.1, 0.15) is 24.1 Å². The average Bonchev–Trinajstić information content (AvgIpc) is 3.04. The summed E-state index contributed by atoms with van der Waals surface area (Å²) in [6, 6.07) is 37.8. The molecular weight excluding hydrogens is 516 g/mol. The van der Waals surface area contributed by atoms with Gasteiger partial charge in [-0.15, -0.1) is 0 Å². The Bertz CT molecular complexity index is 1280. The topological polar surface area (TPSA) is 66.4 Å². The van der Waals surface area contributed by atoms with Crippen molar-refractivity contribution in [1.29, 1.82) is 0 Å². The highest BCUT2D eigenvalue weighted by molar-refractivity contribution is 5.26. The summed E-state index contributed by atoms with van der Waals surface area (Å²) >= 11 is 0. The van der Waals surface area contributed by atoms with E-state index in [4.69, 9.17) is 23.7 Å². The standard InChI is InChI=1S/C35H38O6/c1-37-30-19-17-29(18-20-30)25-41-35-33(36)31(38-22-26-11-5-2-6-12-26)21-32(39-23-27-13-7-3-8-14-27)34(35)40-24-28-15-9-4-10-16-28/h2-20,31-36H,21-25H2,1H3/t31?,32-,33+,34+,35?/m0/s1. The van der Waals surface area contributed by atoms with Crippen molar-refractivity contribution in [1.82, 2.24) is 0 Å². The number of rotatable bonds is 13. The maximum Gasteiger partial charge on any atom is 0.118 e. The van der Waals surface area contributed by atoms with Crippen molar-refractivity contribution in [3.63, 3.8) is 0 Å². The molecule has 6 heteroatoms. The molecule has 0 spiro atoms. The third-order valence-electron chi connectivity index (χ3n) is 7.37. The Balaban J connectivity index is 1.37. The Labute approximate surface area is 242 Å². The lowest BCUT2D eigenvalue weighted by atomic mass is 9.86. The lowest BCUT2D eigenvalue weighted by Crippen LogP contribution is -2.59. The number of hydrogen-bond acceptors (Lipinski definition) is 6. The second-order valence-electron chi connectivity index (χ2n) is 10.3. The van der Waals surface area contributed by atoms with Crippen LogP contribution in [0.1, 0.15) is 28.7 Å². The summed E-state index contributed by atoms with van der Waals surface area (Å²) in [5, 5.41) is 11.6. The van der Waals surface area contributed by atoms with Gasteiger partial charge in [-0.2, -0.15) is 0 Å². The van der Waals surface area contributed by atoms with E-state index < -0.39 is 24.4 Å². The van der Waals surface area contributed by atoms with Crippen LogP contribution in [0.5, 0.6) is 5.75 Å². The Morgan fingerprint density at radius 3 is 1.41 bits per heavy atom. The number of methoxy groups -OCH3 is 1. The van der Waals surface area contributed by atoms with Crippen LogP contribution in [-0.4, -0.2) is 42.7 Å². The zero-order valence-electron chi connectivity index (χ0n) is 23.4. The first-order chi connectivity index (χ1) is 20.2. The van der Waals surface area contributed by atoms with Gasteiger partial charge in [-0.1, -0.05) is 103 Å². The van der Waals surface area contributed by atoms with Gasteiger partial charge in [0, 0.05) is 6.42 Å². The smallest absolute Gasteiger partial charge is 0.118 e. The average molecular weight is 555 g/mol. The summed E-state index contributed by atoms with van der Waals surface area (Å²) in [6.45, 7) is 1.48. The van der Waals surface area contributed by atoms with Gasteiger partial charge >= 0.3 is 0 Å². The van der Waals surface area contributed by atoms with Gasteiger partial charge in [0.15, 0.2) is 0 Å². The number of aliphatic hydroxyl groups is 1. The van der Waals surface area contributed by atoms with Crippen molar-refractivity contribution in [3.05, 3.63) is 138 Å². The molecule has 0 radical (unpaired) electrons. The maximum absolute atomic E-state index is 11.6. The van der Waals surface area contributed by atoms with E-state index in [9.17, 15) is 5.11 Å². The van der Waals surface area contributed by atoms with Gasteiger partial charge in [0.25, 0.3) is 0 Å². The Kier molecular flexibility index (Phi) is 10.5. The Hall–Kier alpha value is -3.52. The minimum atomic E-state index is -0.908. The monoisotopic (exact) mass is 554 g/mol. The lowest BCUT2D eigenvalue weighted by molar-refractivity contribution is -0.237. The molecule has 1 N–H and O–H groups in total. The molecule has 5 atom stereocenters. The SMILES string of the molecule is COc1ccc(COC2[C@H](O)C(OCc3ccccc3)C[C@H](OCc3ccccc3)[C@H]2OCc2ccccc2)cc1. The third-order valence-corrected chi connectivity index (χ3v) is 7.37. The van der Waals surface area contributed by atoms with Crippen molar-refractivity contribution >= 4 is 0 Å². The van der Waals surface area contributed by atoms with Gasteiger partial charge < -0.3 is 28.8 Å². The number of benzene rings is 4. The van der Waals surface area contributed by atoms with Gasteiger partial charge in [-0.25, -0.2) is 0 Å². The van der Waals surface area contributed by atoms with E-state index in [1.165, 1.54) is 0 Å². The molecule has 6 nitrogen and oxygen atoms in total. The van der Waals surface area contributed by atoms with Crippen molar-refractivity contribution in [3.8, 4) is 5.75 Å². The summed E-state index contributed by atoms with van der Waals surface area (Å²) in [5.41, 5.74) is 4.12. The van der Waals surface area contributed by atoms with Crippen LogP contribution in [0.15, 0.2) is 115 Å². The minimum absolute atomic E-state index is 0.299. The van der Waals surface area contributed by atoms with Crippen molar-refractivity contribution in [2.45, 2.75) is 63.4 Å². The van der Waals surface area contributed by atoms with Crippen LogP contribution in [0.3, 0.4) is 0 Å². The van der Waals surface area contributed by atoms with Crippen LogP contribution in [0.25, 0.3) is 0 Å². The van der Waals surface area contributed by atoms with Crippen molar-refractivity contribution < 1.29 is 28.8 Å². The van der Waals surface area contributed by atoms with Gasteiger partial charge in [0.2, 0.25) is 0 Å². The van der Waals surface area contributed by atoms with E-state index in [1.54, 1.807) is 7.11 Å². The third kappa shape index (κ3) is 8.26. The predicted octanol–water partition coefficient (Wildman–Crippen LogP) is 6.10. The van der Waals surface area contributed by atoms with Crippen LogP contribution in [-0.2, 0) is 45.4 Å². The molecule has 1 fully saturated rings. The largest absolute Gasteiger partial charge is 0.497 e. The normalized spacial score (nSPS) is 22.3. The highest BCUT2D eigenvalue weighted by atomic mass is 16.6. The van der Waals surface area contributed by atoms with Crippen LogP contribution in [0.2, 0.25) is 0 Å². The molecule has 4 aromatic rings. The van der Waals surface area contributed by atoms with E-state index in [2.05, 4.69) is 0 Å². The fraction of sp³-hybridized carbons (Fsp3) is 0.314. The second kappa shape index (κ2) is 14.9. The zero-order chi connectivity index (χ0) is 28.3. The van der Waals surface area contributed by atoms with Gasteiger partial charge in [0.05, 0.1) is 45.7 Å². The first-order valence-electron chi connectivity index (χ1n) is 14.1. The van der Waals surface area contributed by atoms with E-state index in [1.807, 2.05) is 115 Å². The summed E-state index contributed by atoms with van der Waals surface area (Å²) < 4.78 is 31.0.